The predicted octanol–water partition coefficient (Wildman–Crippen LogP) is 1.43. The Morgan fingerprint density at radius 2 is 2.42 bits per heavy atom. The van der Waals surface area contributed by atoms with Gasteiger partial charge in [0.15, 0.2) is 0 Å². The van der Waals surface area contributed by atoms with Gasteiger partial charge in [0.1, 0.15) is 15.5 Å². The van der Waals surface area contributed by atoms with Gasteiger partial charge >= 0.3 is 0 Å². The first kappa shape index (κ1) is 7.49. The van der Waals surface area contributed by atoms with E-state index in [1.165, 1.54) is 0 Å². The summed E-state index contributed by atoms with van der Waals surface area (Å²) in [5, 5.41) is 16.3. The van der Waals surface area contributed by atoms with Gasteiger partial charge in [0, 0.05) is 5.39 Å². The number of nitrogens with one attached hydrogen (secondary N) is 1. The van der Waals surface area contributed by atoms with Crippen LogP contribution in [-0.2, 0) is 0 Å². The average Bonchev–Trinajstić information content (AvgIpc) is 2.47. The fourth-order valence-corrected chi connectivity index (χ4v) is 1.51. The monoisotopic (exact) mass is 270 g/mol. The topological polar surface area (TPSA) is 65.4 Å². The highest BCUT2D eigenvalue weighted by molar-refractivity contribution is 14.1. The third-order valence-electron chi connectivity index (χ3n) is 1.52. The van der Waals surface area contributed by atoms with E-state index in [1.54, 1.807) is 12.3 Å². The molecule has 12 heavy (non-hydrogen) atoms. The Kier molecular flexibility index (Phi) is 1.69. The number of pyridine rings is 1. The van der Waals surface area contributed by atoms with Crippen LogP contribution in [0, 0.1) is 15.0 Å². The summed E-state index contributed by atoms with van der Waals surface area (Å²) < 4.78 is 0.862. The highest BCUT2D eigenvalue weighted by Gasteiger charge is 2.03. The maximum absolute atomic E-state index is 8.58. The molecule has 0 aliphatic heterocycles. The number of fused-ring (bicyclic) bond motifs is 1. The summed E-state index contributed by atoms with van der Waals surface area (Å²) in [5.41, 5.74) is 1.28. The summed E-state index contributed by atoms with van der Waals surface area (Å²) in [5.74, 6) is 0. The number of nitrogens with zero attached hydrogens (tertiary/aromatic N) is 3. The third kappa shape index (κ3) is 1.04. The summed E-state index contributed by atoms with van der Waals surface area (Å²) in [6, 6.07) is 3.70. The molecule has 2 heterocycles. The van der Waals surface area contributed by atoms with Crippen molar-refractivity contribution in [1.82, 2.24) is 15.2 Å². The van der Waals surface area contributed by atoms with Gasteiger partial charge in [0.05, 0.1) is 11.7 Å². The number of nitriles is 1. The molecule has 4 nitrogen and oxygen atoms in total. The second-order valence-electron chi connectivity index (χ2n) is 2.24. The van der Waals surface area contributed by atoms with Crippen LogP contribution in [-0.4, -0.2) is 15.2 Å². The van der Waals surface area contributed by atoms with Crippen LogP contribution >= 0.6 is 22.6 Å². The number of H-pyrrole nitrogens is 1. The quantitative estimate of drug-likeness (QED) is 0.736. The van der Waals surface area contributed by atoms with Gasteiger partial charge in [-0.2, -0.15) is 10.4 Å². The molecule has 0 atom stereocenters. The van der Waals surface area contributed by atoms with Crippen molar-refractivity contribution < 1.29 is 0 Å². The van der Waals surface area contributed by atoms with Crippen molar-refractivity contribution in [2.45, 2.75) is 0 Å². The zero-order valence-corrected chi connectivity index (χ0v) is 8.03. The molecule has 0 aliphatic rings. The minimum Gasteiger partial charge on any atom is -0.275 e. The Hall–Kier alpha value is -1.16. The molecule has 58 valence electrons. The lowest BCUT2D eigenvalue weighted by Gasteiger charge is -1.88. The maximum Gasteiger partial charge on any atom is 0.141 e. The van der Waals surface area contributed by atoms with Crippen LogP contribution in [0.15, 0.2) is 12.3 Å². The number of halogens is 1. The van der Waals surface area contributed by atoms with Gasteiger partial charge in [-0.1, -0.05) is 0 Å². The first-order valence-electron chi connectivity index (χ1n) is 3.21. The van der Waals surface area contributed by atoms with Gasteiger partial charge in [0.25, 0.3) is 0 Å². The van der Waals surface area contributed by atoms with Crippen LogP contribution in [0.5, 0.6) is 0 Å². The van der Waals surface area contributed by atoms with Gasteiger partial charge in [-0.25, -0.2) is 4.98 Å². The van der Waals surface area contributed by atoms with Gasteiger partial charge in [-0.3, -0.25) is 5.10 Å². The highest BCUT2D eigenvalue weighted by atomic mass is 127. The molecule has 0 aliphatic carbocycles. The Labute approximate surface area is 81.7 Å². The molecule has 2 aromatic heterocycles. The largest absolute Gasteiger partial charge is 0.275 e. The van der Waals surface area contributed by atoms with Crippen molar-refractivity contribution in [3.8, 4) is 6.07 Å². The standard InChI is InChI=1S/C7H3IN4/c8-7-5-1-4(2-9)10-3-6(5)11-12-7/h1,3H,(H,11,12). The van der Waals surface area contributed by atoms with Gasteiger partial charge < -0.3 is 0 Å². The minimum atomic E-state index is 0.418. The highest BCUT2D eigenvalue weighted by Crippen LogP contribution is 2.16. The van der Waals surface area contributed by atoms with Gasteiger partial charge in [-0.15, -0.1) is 0 Å². The fourth-order valence-electron chi connectivity index (χ4n) is 0.946. The Morgan fingerprint density at radius 3 is 3.17 bits per heavy atom. The van der Waals surface area contributed by atoms with Crippen LogP contribution in [0.2, 0.25) is 0 Å². The van der Waals surface area contributed by atoms with Crippen molar-refractivity contribution in [2.75, 3.05) is 0 Å². The van der Waals surface area contributed by atoms with E-state index in [0.717, 1.165) is 14.6 Å². The molecule has 2 rings (SSSR count). The molecule has 0 fully saturated rings. The summed E-state index contributed by atoms with van der Waals surface area (Å²) in [6.07, 6.45) is 1.61. The van der Waals surface area contributed by atoms with Crippen LogP contribution in [0.1, 0.15) is 5.69 Å². The molecule has 0 bridgehead atoms. The molecular formula is C7H3IN4. The van der Waals surface area contributed by atoms with E-state index < -0.39 is 0 Å². The second-order valence-corrected chi connectivity index (χ2v) is 3.26. The van der Waals surface area contributed by atoms with Crippen LogP contribution < -0.4 is 0 Å². The second kappa shape index (κ2) is 2.71. The van der Waals surface area contributed by atoms with Crippen molar-refractivity contribution in [3.63, 3.8) is 0 Å². The van der Waals surface area contributed by atoms with E-state index in [0.29, 0.717) is 5.69 Å². The zero-order valence-electron chi connectivity index (χ0n) is 5.87. The van der Waals surface area contributed by atoms with Gasteiger partial charge in [-0.05, 0) is 28.7 Å². The van der Waals surface area contributed by atoms with Crippen molar-refractivity contribution in [1.29, 1.82) is 5.26 Å². The number of rotatable bonds is 0. The lowest BCUT2D eigenvalue weighted by atomic mass is 10.3. The molecule has 0 aromatic carbocycles. The zero-order chi connectivity index (χ0) is 8.55. The van der Waals surface area contributed by atoms with Crippen molar-refractivity contribution >= 4 is 33.5 Å². The molecule has 0 unspecified atom stereocenters. The van der Waals surface area contributed by atoms with Crippen molar-refractivity contribution in [3.05, 3.63) is 21.7 Å². The first-order valence-corrected chi connectivity index (χ1v) is 4.29. The summed E-state index contributed by atoms with van der Waals surface area (Å²) in [7, 11) is 0. The van der Waals surface area contributed by atoms with Crippen LogP contribution in [0.25, 0.3) is 10.9 Å². The summed E-state index contributed by atoms with van der Waals surface area (Å²) >= 11 is 2.11. The number of aromatic amines is 1. The van der Waals surface area contributed by atoms with E-state index in [1.807, 2.05) is 6.07 Å². The number of hydrogen-bond donors (Lipinski definition) is 1. The predicted molar refractivity (Wildman–Crippen MR) is 51.3 cm³/mol. The van der Waals surface area contributed by atoms with E-state index in [-0.39, 0.29) is 0 Å². The van der Waals surface area contributed by atoms with Crippen LogP contribution in [0.4, 0.5) is 0 Å². The lowest BCUT2D eigenvalue weighted by Crippen LogP contribution is -1.80. The molecule has 1 N–H and O–H groups in total. The van der Waals surface area contributed by atoms with Gasteiger partial charge in [0.2, 0.25) is 0 Å². The fraction of sp³-hybridized carbons (Fsp3) is 0. The molecule has 2 aromatic rings. The minimum absolute atomic E-state index is 0.418. The van der Waals surface area contributed by atoms with E-state index in [4.69, 9.17) is 5.26 Å². The molecule has 0 amide bonds. The first-order chi connectivity index (χ1) is 5.81. The molecule has 0 radical (unpaired) electrons. The molecule has 0 spiro atoms. The molecular weight excluding hydrogens is 267 g/mol. The van der Waals surface area contributed by atoms with E-state index in [9.17, 15) is 0 Å². The van der Waals surface area contributed by atoms with Crippen molar-refractivity contribution in [2.24, 2.45) is 0 Å². The number of hydrogen-bond acceptors (Lipinski definition) is 3. The SMILES string of the molecule is N#Cc1cc2c(I)n[nH]c2cn1. The maximum atomic E-state index is 8.58. The Morgan fingerprint density at radius 1 is 1.58 bits per heavy atom. The molecule has 5 heteroatoms. The smallest absolute Gasteiger partial charge is 0.141 e. The average molecular weight is 270 g/mol. The Bertz CT molecular complexity index is 468. The van der Waals surface area contributed by atoms with E-state index >= 15 is 0 Å². The summed E-state index contributed by atoms with van der Waals surface area (Å²) in [6.45, 7) is 0. The van der Waals surface area contributed by atoms with E-state index in [2.05, 4.69) is 37.8 Å². The normalized spacial score (nSPS) is 10.0. The Balaban J connectivity index is 2.82. The number of aromatic nitrogens is 3. The lowest BCUT2D eigenvalue weighted by molar-refractivity contribution is 1.09. The van der Waals surface area contributed by atoms with Crippen LogP contribution in [0.3, 0.4) is 0 Å². The summed E-state index contributed by atoms with van der Waals surface area (Å²) in [4.78, 5) is 3.90. The molecule has 0 saturated carbocycles. The molecule has 0 saturated heterocycles. The third-order valence-corrected chi connectivity index (χ3v) is 2.34.